The lowest BCUT2D eigenvalue weighted by Crippen LogP contribution is -2.50. The van der Waals surface area contributed by atoms with Crippen molar-refractivity contribution < 1.29 is 9.47 Å². The fraction of sp³-hybridized carbons (Fsp3) is 0.700. The molecular formula is C20H33ClN2O2. The van der Waals surface area contributed by atoms with E-state index in [4.69, 9.17) is 9.47 Å². The van der Waals surface area contributed by atoms with Crippen LogP contribution in [0.5, 0.6) is 5.75 Å². The van der Waals surface area contributed by atoms with Crippen molar-refractivity contribution in [1.82, 2.24) is 10.6 Å². The Morgan fingerprint density at radius 3 is 2.96 bits per heavy atom. The van der Waals surface area contributed by atoms with Gasteiger partial charge in [0.2, 0.25) is 0 Å². The number of ether oxygens (including phenoxy) is 2. The summed E-state index contributed by atoms with van der Waals surface area (Å²) in [5.74, 6) is 2.22. The van der Waals surface area contributed by atoms with Gasteiger partial charge in [-0.1, -0.05) is 32.4 Å². The van der Waals surface area contributed by atoms with Crippen molar-refractivity contribution in [3.8, 4) is 5.75 Å². The first-order valence-electron chi connectivity index (χ1n) is 9.48. The van der Waals surface area contributed by atoms with Crippen LogP contribution in [0.2, 0.25) is 0 Å². The van der Waals surface area contributed by atoms with Gasteiger partial charge in [0.1, 0.15) is 5.75 Å². The molecule has 2 fully saturated rings. The van der Waals surface area contributed by atoms with Crippen molar-refractivity contribution in [1.29, 1.82) is 0 Å². The third kappa shape index (κ3) is 6.14. The zero-order chi connectivity index (χ0) is 16.8. The standard InChI is InChI=1S/C20H32N2O2.ClH/c1-15(2)13-24-17-6-3-5-16(11-17)12-22-19-8-4-7-18(19)20-14-23-10-9-21-20;/h3,5-6,11,15,18-22H,4,7-10,12-14H2,1-2H3;1H. The first kappa shape index (κ1) is 20.5. The first-order chi connectivity index (χ1) is 11.7. The molecule has 25 heavy (non-hydrogen) atoms. The second-order valence-electron chi connectivity index (χ2n) is 7.57. The Morgan fingerprint density at radius 1 is 1.32 bits per heavy atom. The van der Waals surface area contributed by atoms with Gasteiger partial charge in [-0.05, 0) is 42.4 Å². The van der Waals surface area contributed by atoms with Crippen molar-refractivity contribution in [2.45, 2.75) is 51.7 Å². The van der Waals surface area contributed by atoms with Crippen molar-refractivity contribution in [2.75, 3.05) is 26.4 Å². The molecule has 4 nitrogen and oxygen atoms in total. The summed E-state index contributed by atoms with van der Waals surface area (Å²) >= 11 is 0. The van der Waals surface area contributed by atoms with E-state index in [1.807, 2.05) is 6.07 Å². The summed E-state index contributed by atoms with van der Waals surface area (Å²) in [7, 11) is 0. The van der Waals surface area contributed by atoms with E-state index in [0.717, 1.165) is 38.7 Å². The molecule has 2 N–H and O–H groups in total. The summed E-state index contributed by atoms with van der Waals surface area (Å²) in [6.07, 6.45) is 3.89. The molecular weight excluding hydrogens is 336 g/mol. The van der Waals surface area contributed by atoms with Gasteiger partial charge in [-0.2, -0.15) is 0 Å². The fourth-order valence-corrected chi connectivity index (χ4v) is 3.84. The van der Waals surface area contributed by atoms with Crippen LogP contribution in [0.4, 0.5) is 0 Å². The van der Waals surface area contributed by atoms with Crippen LogP contribution in [0.3, 0.4) is 0 Å². The highest BCUT2D eigenvalue weighted by Gasteiger charge is 2.34. The number of halogens is 1. The summed E-state index contributed by atoms with van der Waals surface area (Å²) in [5, 5.41) is 7.43. The Hall–Kier alpha value is -0.810. The quantitative estimate of drug-likeness (QED) is 0.774. The molecule has 0 bridgehead atoms. The normalized spacial score (nSPS) is 26.4. The largest absolute Gasteiger partial charge is 0.493 e. The van der Waals surface area contributed by atoms with Gasteiger partial charge in [-0.15, -0.1) is 12.4 Å². The monoisotopic (exact) mass is 368 g/mol. The zero-order valence-electron chi connectivity index (χ0n) is 15.5. The molecule has 1 aliphatic heterocycles. The molecule has 5 heteroatoms. The Kier molecular flexibility index (Phi) is 8.50. The van der Waals surface area contributed by atoms with Crippen molar-refractivity contribution in [3.05, 3.63) is 29.8 Å². The lowest BCUT2D eigenvalue weighted by Gasteiger charge is -2.33. The van der Waals surface area contributed by atoms with Crippen LogP contribution in [0.1, 0.15) is 38.7 Å². The van der Waals surface area contributed by atoms with Crippen molar-refractivity contribution in [2.24, 2.45) is 11.8 Å². The maximum atomic E-state index is 5.84. The predicted octanol–water partition coefficient (Wildman–Crippen LogP) is 3.39. The summed E-state index contributed by atoms with van der Waals surface area (Å²) in [6, 6.07) is 9.59. The molecule has 0 radical (unpaired) electrons. The number of hydrogen-bond acceptors (Lipinski definition) is 4. The van der Waals surface area contributed by atoms with Gasteiger partial charge >= 0.3 is 0 Å². The van der Waals surface area contributed by atoms with E-state index in [0.29, 0.717) is 23.9 Å². The van der Waals surface area contributed by atoms with Crippen LogP contribution in [0, 0.1) is 11.8 Å². The van der Waals surface area contributed by atoms with Crippen molar-refractivity contribution >= 4 is 12.4 Å². The minimum absolute atomic E-state index is 0. The van der Waals surface area contributed by atoms with E-state index in [9.17, 15) is 0 Å². The van der Waals surface area contributed by atoms with E-state index in [2.05, 4.69) is 42.7 Å². The summed E-state index contributed by atoms with van der Waals surface area (Å²) in [4.78, 5) is 0. The Bertz CT molecular complexity index is 506. The lowest BCUT2D eigenvalue weighted by atomic mass is 9.94. The third-order valence-corrected chi connectivity index (χ3v) is 5.09. The topological polar surface area (TPSA) is 42.5 Å². The van der Waals surface area contributed by atoms with Crippen LogP contribution < -0.4 is 15.4 Å². The van der Waals surface area contributed by atoms with Gasteiger partial charge < -0.3 is 20.1 Å². The van der Waals surface area contributed by atoms with Crippen LogP contribution in [0.25, 0.3) is 0 Å². The van der Waals surface area contributed by atoms with E-state index >= 15 is 0 Å². The van der Waals surface area contributed by atoms with Crippen LogP contribution >= 0.6 is 12.4 Å². The average Bonchev–Trinajstić information content (AvgIpc) is 3.08. The second-order valence-corrected chi connectivity index (χ2v) is 7.57. The maximum absolute atomic E-state index is 5.84. The molecule has 142 valence electrons. The van der Waals surface area contributed by atoms with Gasteiger partial charge in [0.25, 0.3) is 0 Å². The SMILES string of the molecule is CC(C)COc1cccc(CNC2CCCC2C2COCCN2)c1.Cl. The minimum Gasteiger partial charge on any atom is -0.493 e. The molecule has 3 atom stereocenters. The van der Waals surface area contributed by atoms with Gasteiger partial charge in [0, 0.05) is 25.2 Å². The van der Waals surface area contributed by atoms with E-state index in [-0.39, 0.29) is 12.4 Å². The number of nitrogens with one attached hydrogen (secondary N) is 2. The first-order valence-corrected chi connectivity index (χ1v) is 9.48. The Morgan fingerprint density at radius 2 is 2.20 bits per heavy atom. The highest BCUT2D eigenvalue weighted by atomic mass is 35.5. The molecule has 3 rings (SSSR count). The van der Waals surface area contributed by atoms with E-state index in [1.165, 1.54) is 24.8 Å². The molecule has 0 spiro atoms. The molecule has 1 aromatic carbocycles. The highest BCUT2D eigenvalue weighted by molar-refractivity contribution is 5.85. The minimum atomic E-state index is 0. The molecule has 0 amide bonds. The second kappa shape index (κ2) is 10.4. The van der Waals surface area contributed by atoms with Gasteiger partial charge in [0.05, 0.1) is 19.8 Å². The van der Waals surface area contributed by atoms with Crippen LogP contribution in [-0.2, 0) is 11.3 Å². The number of benzene rings is 1. The van der Waals surface area contributed by atoms with Crippen molar-refractivity contribution in [3.63, 3.8) is 0 Å². The molecule has 2 aliphatic rings. The Balaban J connectivity index is 0.00000225. The van der Waals surface area contributed by atoms with Gasteiger partial charge in [-0.3, -0.25) is 0 Å². The molecule has 1 heterocycles. The van der Waals surface area contributed by atoms with Crippen LogP contribution in [0.15, 0.2) is 24.3 Å². The molecule has 1 aromatic rings. The van der Waals surface area contributed by atoms with E-state index < -0.39 is 0 Å². The molecule has 0 aromatic heterocycles. The maximum Gasteiger partial charge on any atom is 0.119 e. The van der Waals surface area contributed by atoms with Crippen LogP contribution in [-0.4, -0.2) is 38.4 Å². The smallest absolute Gasteiger partial charge is 0.119 e. The molecule has 1 saturated heterocycles. The third-order valence-electron chi connectivity index (χ3n) is 5.09. The predicted molar refractivity (Wildman–Crippen MR) is 105 cm³/mol. The molecule has 1 saturated carbocycles. The summed E-state index contributed by atoms with van der Waals surface area (Å²) in [6.45, 7) is 8.74. The Labute approximate surface area is 158 Å². The highest BCUT2D eigenvalue weighted by Crippen LogP contribution is 2.29. The van der Waals surface area contributed by atoms with E-state index in [1.54, 1.807) is 0 Å². The molecule has 1 aliphatic carbocycles. The number of morpholine rings is 1. The van der Waals surface area contributed by atoms with Gasteiger partial charge in [0.15, 0.2) is 0 Å². The number of rotatable bonds is 7. The fourth-order valence-electron chi connectivity index (χ4n) is 3.84. The zero-order valence-corrected chi connectivity index (χ0v) is 16.3. The summed E-state index contributed by atoms with van der Waals surface area (Å²) < 4.78 is 11.5. The molecule has 3 unspecified atom stereocenters. The summed E-state index contributed by atoms with van der Waals surface area (Å²) in [5.41, 5.74) is 1.30. The van der Waals surface area contributed by atoms with Gasteiger partial charge in [-0.25, -0.2) is 0 Å². The number of hydrogen-bond donors (Lipinski definition) is 2. The lowest BCUT2D eigenvalue weighted by molar-refractivity contribution is 0.0524. The average molecular weight is 369 g/mol.